The summed E-state index contributed by atoms with van der Waals surface area (Å²) < 4.78 is 67.5. The van der Waals surface area contributed by atoms with E-state index in [2.05, 4.69) is 15.6 Å². The lowest BCUT2D eigenvalue weighted by Gasteiger charge is -2.18. The monoisotopic (exact) mass is 472 g/mol. The first-order chi connectivity index (χ1) is 13.0. The molecule has 4 N–H and O–H groups in total. The van der Waals surface area contributed by atoms with Crippen molar-refractivity contribution in [3.05, 3.63) is 53.4 Å². The minimum absolute atomic E-state index is 0. The lowest BCUT2D eigenvalue weighted by molar-refractivity contribution is -0.137. The predicted molar refractivity (Wildman–Crippen MR) is 106 cm³/mol. The van der Waals surface area contributed by atoms with Crippen LogP contribution in [0, 0.1) is 11.6 Å². The third-order valence-corrected chi connectivity index (χ3v) is 4.46. The highest BCUT2D eigenvalue weighted by Crippen LogP contribution is 2.37. The smallest absolute Gasteiger partial charge is 0.351 e. The van der Waals surface area contributed by atoms with Gasteiger partial charge in [-0.3, -0.25) is 9.78 Å². The van der Waals surface area contributed by atoms with E-state index in [0.29, 0.717) is 18.9 Å². The fourth-order valence-corrected chi connectivity index (χ4v) is 2.64. The predicted octanol–water partition coefficient (Wildman–Crippen LogP) is 4.63. The van der Waals surface area contributed by atoms with E-state index in [1.54, 1.807) is 0 Å². The average molecular weight is 473 g/mol. The van der Waals surface area contributed by atoms with E-state index in [9.17, 15) is 26.7 Å². The van der Waals surface area contributed by atoms with Gasteiger partial charge in [-0.2, -0.15) is 13.2 Å². The van der Waals surface area contributed by atoms with E-state index in [1.165, 1.54) is 6.92 Å². The van der Waals surface area contributed by atoms with Crippen LogP contribution < -0.4 is 16.4 Å². The Morgan fingerprint density at radius 2 is 1.83 bits per heavy atom. The molecule has 30 heavy (non-hydrogen) atoms. The van der Waals surface area contributed by atoms with E-state index >= 15 is 0 Å². The first kappa shape index (κ1) is 25.9. The number of para-hydroxylation sites is 1. The maximum absolute atomic E-state index is 14.4. The van der Waals surface area contributed by atoms with Gasteiger partial charge in [0.15, 0.2) is 0 Å². The van der Waals surface area contributed by atoms with Gasteiger partial charge in [-0.15, -0.1) is 24.8 Å². The summed E-state index contributed by atoms with van der Waals surface area (Å²) in [4.78, 5) is 15.8. The second-order valence-corrected chi connectivity index (χ2v) is 6.73. The maximum Gasteiger partial charge on any atom is 0.418 e. The lowest BCUT2D eigenvalue weighted by Crippen LogP contribution is -2.43. The second-order valence-electron chi connectivity index (χ2n) is 6.73. The topological polar surface area (TPSA) is 80.0 Å². The number of alkyl halides is 3. The number of benzene rings is 1. The van der Waals surface area contributed by atoms with Gasteiger partial charge in [0.2, 0.25) is 5.91 Å². The molecular weight excluding hydrogens is 454 g/mol. The molecule has 1 aromatic carbocycles. The molecule has 1 aromatic heterocycles. The molecule has 1 aliphatic rings. The molecular formula is C18H19Cl2F5N4O. The number of aromatic nitrogens is 1. The molecule has 0 saturated heterocycles. The summed E-state index contributed by atoms with van der Waals surface area (Å²) in [5.74, 6) is -2.44. The number of hydrogen-bond donors (Lipinski definition) is 3. The van der Waals surface area contributed by atoms with Crippen LogP contribution in [0.5, 0.6) is 0 Å². The number of nitrogens with one attached hydrogen (secondary N) is 2. The molecule has 1 fully saturated rings. The van der Waals surface area contributed by atoms with Crippen molar-refractivity contribution in [3.63, 3.8) is 0 Å². The molecule has 2 aromatic rings. The molecule has 1 saturated carbocycles. The first-order valence-electron chi connectivity index (χ1n) is 8.39. The largest absolute Gasteiger partial charge is 0.418 e. The van der Waals surface area contributed by atoms with E-state index in [-0.39, 0.29) is 36.2 Å². The Labute approximate surface area is 181 Å². The third kappa shape index (κ3) is 5.50. The Morgan fingerprint density at radius 1 is 1.20 bits per heavy atom. The molecule has 3 rings (SSSR count). The number of amides is 1. The summed E-state index contributed by atoms with van der Waals surface area (Å²) in [6.07, 6.45) is -2.66. The highest BCUT2D eigenvalue weighted by atomic mass is 35.5. The van der Waals surface area contributed by atoms with Crippen LogP contribution in [0.3, 0.4) is 0 Å². The van der Waals surface area contributed by atoms with Gasteiger partial charge in [0.05, 0.1) is 40.4 Å². The van der Waals surface area contributed by atoms with Gasteiger partial charge in [-0.1, -0.05) is 6.07 Å². The van der Waals surface area contributed by atoms with Crippen molar-refractivity contribution in [2.45, 2.75) is 37.5 Å². The van der Waals surface area contributed by atoms with Gasteiger partial charge in [-0.05, 0) is 31.9 Å². The molecule has 12 heteroatoms. The Hall–Kier alpha value is -2.17. The molecule has 0 spiro atoms. The highest BCUT2D eigenvalue weighted by Gasteiger charge is 2.46. The molecule has 1 atom stereocenters. The Morgan fingerprint density at radius 3 is 2.37 bits per heavy atom. The summed E-state index contributed by atoms with van der Waals surface area (Å²) >= 11 is 0. The van der Waals surface area contributed by atoms with Crippen molar-refractivity contribution in [3.8, 4) is 0 Å². The van der Waals surface area contributed by atoms with Crippen molar-refractivity contribution < 1.29 is 26.7 Å². The number of nitrogens with zero attached hydrogens (tertiary/aromatic N) is 1. The number of carbonyl (C=O) groups excluding carboxylic acids is 1. The summed E-state index contributed by atoms with van der Waals surface area (Å²) in [5.41, 5.74) is 2.48. The standard InChI is InChI=1S/C18H17F5N4O.2ClH/c1-9(26-16(28)17(24)5-6-17)14-13(20)7-10(8-25-14)27-15-11(18(21,22)23)3-2-4-12(15)19;;/h2-4,7-9,27H,5-6,24H2,1H3,(H,26,28);2*1H. The van der Waals surface area contributed by atoms with Crippen molar-refractivity contribution in [2.24, 2.45) is 5.73 Å². The quantitative estimate of drug-likeness (QED) is 0.554. The zero-order chi connectivity index (χ0) is 20.7. The number of hydrogen-bond acceptors (Lipinski definition) is 4. The van der Waals surface area contributed by atoms with Crippen molar-refractivity contribution in [1.29, 1.82) is 0 Å². The van der Waals surface area contributed by atoms with Gasteiger partial charge in [0, 0.05) is 6.07 Å². The zero-order valence-corrected chi connectivity index (χ0v) is 17.2. The van der Waals surface area contributed by atoms with Crippen molar-refractivity contribution in [2.75, 3.05) is 5.32 Å². The lowest BCUT2D eigenvalue weighted by atomic mass is 10.1. The molecule has 1 aliphatic carbocycles. The van der Waals surface area contributed by atoms with Crippen LogP contribution in [-0.4, -0.2) is 16.4 Å². The minimum atomic E-state index is -4.80. The summed E-state index contributed by atoms with van der Waals surface area (Å²) in [6.45, 7) is 1.50. The number of rotatable bonds is 5. The molecule has 1 unspecified atom stereocenters. The maximum atomic E-state index is 14.4. The van der Waals surface area contributed by atoms with E-state index < -0.39 is 46.5 Å². The van der Waals surface area contributed by atoms with Gasteiger partial charge >= 0.3 is 6.18 Å². The molecule has 1 heterocycles. The molecule has 166 valence electrons. The summed E-state index contributed by atoms with van der Waals surface area (Å²) in [5, 5.41) is 4.78. The van der Waals surface area contributed by atoms with E-state index in [1.807, 2.05) is 0 Å². The van der Waals surface area contributed by atoms with Crippen LogP contribution in [0.2, 0.25) is 0 Å². The zero-order valence-electron chi connectivity index (χ0n) is 15.5. The highest BCUT2D eigenvalue weighted by molar-refractivity contribution is 5.89. The van der Waals surface area contributed by atoms with Crippen molar-refractivity contribution in [1.82, 2.24) is 10.3 Å². The fraction of sp³-hybridized carbons (Fsp3) is 0.333. The molecule has 0 radical (unpaired) electrons. The van der Waals surface area contributed by atoms with E-state index in [4.69, 9.17) is 5.73 Å². The van der Waals surface area contributed by atoms with Gasteiger partial charge < -0.3 is 16.4 Å². The van der Waals surface area contributed by atoms with Gasteiger partial charge in [-0.25, -0.2) is 8.78 Å². The van der Waals surface area contributed by atoms with Crippen LogP contribution in [0.4, 0.5) is 33.3 Å². The van der Waals surface area contributed by atoms with Gasteiger partial charge in [0.25, 0.3) is 0 Å². The Balaban J connectivity index is 0.00000225. The number of nitrogens with two attached hydrogens (primary N) is 1. The average Bonchev–Trinajstić information content (AvgIpc) is 3.34. The summed E-state index contributed by atoms with van der Waals surface area (Å²) in [6, 6.07) is 2.57. The fourth-order valence-electron chi connectivity index (χ4n) is 2.64. The minimum Gasteiger partial charge on any atom is -0.351 e. The van der Waals surface area contributed by atoms with Crippen LogP contribution in [0.1, 0.15) is 37.1 Å². The Bertz CT molecular complexity index is 922. The van der Waals surface area contributed by atoms with Crippen LogP contribution in [0.15, 0.2) is 30.5 Å². The molecule has 5 nitrogen and oxygen atoms in total. The second kappa shape index (κ2) is 9.32. The molecule has 0 bridgehead atoms. The normalized spacial score (nSPS) is 15.3. The number of pyridine rings is 1. The Kier molecular flexibility index (Phi) is 8.03. The van der Waals surface area contributed by atoms with Crippen LogP contribution in [0.25, 0.3) is 0 Å². The van der Waals surface area contributed by atoms with Crippen LogP contribution in [-0.2, 0) is 11.0 Å². The van der Waals surface area contributed by atoms with Crippen molar-refractivity contribution >= 4 is 42.1 Å². The summed E-state index contributed by atoms with van der Waals surface area (Å²) in [7, 11) is 0. The first-order valence-corrected chi connectivity index (χ1v) is 8.39. The number of carbonyl (C=O) groups is 1. The van der Waals surface area contributed by atoms with Crippen LogP contribution >= 0.6 is 24.8 Å². The number of halogens is 7. The third-order valence-electron chi connectivity index (χ3n) is 4.46. The molecule has 0 aliphatic heterocycles. The van der Waals surface area contributed by atoms with Gasteiger partial charge in [0.1, 0.15) is 11.6 Å². The SMILES string of the molecule is CC(NC(=O)C1(N)CC1)c1ncc(Nc2c(F)cccc2C(F)(F)F)cc1F.Cl.Cl. The molecule has 1 amide bonds. The number of anilines is 2. The van der Waals surface area contributed by atoms with E-state index in [0.717, 1.165) is 24.4 Å².